The molecule has 114 valence electrons. The van der Waals surface area contributed by atoms with Crippen molar-refractivity contribution in [2.24, 2.45) is 0 Å². The molecule has 0 fully saturated rings. The minimum atomic E-state index is -0.0255. The summed E-state index contributed by atoms with van der Waals surface area (Å²) in [6, 6.07) is 14.5. The SMILES string of the molecule is CC(=O)c1ccc(C(=O)c2ccc(SC(C)(C)C)cc2)cc1. The minimum absolute atomic E-state index is 0.00237. The summed E-state index contributed by atoms with van der Waals surface area (Å²) in [6.07, 6.45) is 0. The zero-order chi connectivity index (χ0) is 16.3. The van der Waals surface area contributed by atoms with E-state index in [1.165, 1.54) is 6.92 Å². The molecule has 3 heteroatoms. The van der Waals surface area contributed by atoms with Gasteiger partial charge in [0.25, 0.3) is 0 Å². The van der Waals surface area contributed by atoms with Crippen molar-refractivity contribution in [3.63, 3.8) is 0 Å². The maximum atomic E-state index is 12.4. The number of carbonyl (C=O) groups is 2. The van der Waals surface area contributed by atoms with Gasteiger partial charge in [0.15, 0.2) is 11.6 Å². The van der Waals surface area contributed by atoms with Gasteiger partial charge in [0.1, 0.15) is 0 Å². The van der Waals surface area contributed by atoms with E-state index >= 15 is 0 Å². The fourth-order valence-corrected chi connectivity index (χ4v) is 3.03. The number of hydrogen-bond acceptors (Lipinski definition) is 3. The first-order valence-corrected chi connectivity index (χ1v) is 8.03. The van der Waals surface area contributed by atoms with E-state index < -0.39 is 0 Å². The Morgan fingerprint density at radius 3 is 1.59 bits per heavy atom. The molecular weight excluding hydrogens is 292 g/mol. The molecule has 2 aromatic carbocycles. The van der Waals surface area contributed by atoms with Gasteiger partial charge < -0.3 is 0 Å². The van der Waals surface area contributed by atoms with Crippen molar-refractivity contribution in [1.29, 1.82) is 0 Å². The molecule has 0 radical (unpaired) electrons. The molecule has 0 aromatic heterocycles. The molecule has 22 heavy (non-hydrogen) atoms. The van der Waals surface area contributed by atoms with Crippen molar-refractivity contribution < 1.29 is 9.59 Å². The number of rotatable bonds is 4. The van der Waals surface area contributed by atoms with Crippen molar-refractivity contribution in [2.75, 3.05) is 0 Å². The molecule has 0 aliphatic rings. The Kier molecular flexibility index (Phi) is 4.87. The summed E-state index contributed by atoms with van der Waals surface area (Å²) >= 11 is 1.77. The van der Waals surface area contributed by atoms with E-state index in [1.54, 1.807) is 36.0 Å². The second-order valence-corrected chi connectivity index (χ2v) is 8.10. The third-order valence-corrected chi connectivity index (χ3v) is 4.21. The van der Waals surface area contributed by atoms with Crippen molar-refractivity contribution in [2.45, 2.75) is 37.3 Å². The average Bonchev–Trinajstić information content (AvgIpc) is 2.46. The average molecular weight is 312 g/mol. The van der Waals surface area contributed by atoms with Gasteiger partial charge >= 0.3 is 0 Å². The Morgan fingerprint density at radius 1 is 0.773 bits per heavy atom. The second kappa shape index (κ2) is 6.49. The maximum absolute atomic E-state index is 12.4. The summed E-state index contributed by atoms with van der Waals surface area (Å²) in [6.45, 7) is 8.00. The summed E-state index contributed by atoms with van der Waals surface area (Å²) in [4.78, 5) is 24.8. The van der Waals surface area contributed by atoms with Crippen LogP contribution in [-0.2, 0) is 0 Å². The number of Topliss-reactive ketones (excluding diaryl/α,β-unsaturated/α-hetero) is 1. The highest BCUT2D eigenvalue weighted by Crippen LogP contribution is 2.31. The highest BCUT2D eigenvalue weighted by molar-refractivity contribution is 8.00. The zero-order valence-electron chi connectivity index (χ0n) is 13.3. The van der Waals surface area contributed by atoms with Crippen LogP contribution in [0.1, 0.15) is 54.0 Å². The van der Waals surface area contributed by atoms with Crippen molar-refractivity contribution in [3.8, 4) is 0 Å². The van der Waals surface area contributed by atoms with E-state index in [0.29, 0.717) is 16.7 Å². The van der Waals surface area contributed by atoms with E-state index in [-0.39, 0.29) is 16.3 Å². The van der Waals surface area contributed by atoms with Crippen LogP contribution >= 0.6 is 11.8 Å². The first-order chi connectivity index (χ1) is 10.3. The van der Waals surface area contributed by atoms with Gasteiger partial charge in [-0.1, -0.05) is 45.0 Å². The third-order valence-electron chi connectivity index (χ3n) is 3.09. The molecule has 0 aliphatic heterocycles. The Morgan fingerprint density at radius 2 is 1.18 bits per heavy atom. The number of carbonyl (C=O) groups excluding carboxylic acids is 2. The Bertz CT molecular complexity index is 677. The molecule has 0 aliphatic carbocycles. The van der Waals surface area contributed by atoms with Gasteiger partial charge in [-0.2, -0.15) is 0 Å². The number of thioether (sulfide) groups is 1. The lowest BCUT2D eigenvalue weighted by Gasteiger charge is -2.17. The lowest BCUT2D eigenvalue weighted by molar-refractivity contribution is 0.101. The smallest absolute Gasteiger partial charge is 0.193 e. The standard InChI is InChI=1S/C19H20O2S/c1-13(20)14-5-7-15(8-6-14)18(21)16-9-11-17(12-10-16)22-19(2,3)4/h5-12H,1-4H3. The van der Waals surface area contributed by atoms with Crippen LogP contribution in [0.3, 0.4) is 0 Å². The molecule has 2 rings (SSSR count). The molecule has 0 N–H and O–H groups in total. The predicted molar refractivity (Wildman–Crippen MR) is 91.9 cm³/mol. The number of ketones is 2. The quantitative estimate of drug-likeness (QED) is 0.588. The largest absolute Gasteiger partial charge is 0.295 e. The normalized spacial score (nSPS) is 11.3. The Balaban J connectivity index is 2.17. The topological polar surface area (TPSA) is 34.1 Å². The lowest BCUT2D eigenvalue weighted by atomic mass is 10.0. The van der Waals surface area contributed by atoms with Crippen LogP contribution in [0.2, 0.25) is 0 Å². The molecule has 0 saturated carbocycles. The maximum Gasteiger partial charge on any atom is 0.193 e. The molecule has 0 heterocycles. The minimum Gasteiger partial charge on any atom is -0.295 e. The second-order valence-electron chi connectivity index (χ2n) is 6.20. The number of hydrogen-bond donors (Lipinski definition) is 0. The first-order valence-electron chi connectivity index (χ1n) is 7.21. The van der Waals surface area contributed by atoms with E-state index in [9.17, 15) is 9.59 Å². The number of benzene rings is 2. The molecule has 0 amide bonds. The molecule has 0 saturated heterocycles. The van der Waals surface area contributed by atoms with Gasteiger partial charge in [-0.25, -0.2) is 0 Å². The molecule has 0 spiro atoms. The van der Waals surface area contributed by atoms with Crippen LogP contribution in [0, 0.1) is 0 Å². The van der Waals surface area contributed by atoms with E-state index in [2.05, 4.69) is 20.8 Å². The van der Waals surface area contributed by atoms with Crippen molar-refractivity contribution in [1.82, 2.24) is 0 Å². The van der Waals surface area contributed by atoms with E-state index in [1.807, 2.05) is 24.3 Å². The summed E-state index contributed by atoms with van der Waals surface area (Å²) in [5.74, 6) is -0.0232. The van der Waals surface area contributed by atoms with Crippen LogP contribution < -0.4 is 0 Å². The molecular formula is C19H20O2S. The predicted octanol–water partition coefficient (Wildman–Crippen LogP) is 5.01. The van der Waals surface area contributed by atoms with Gasteiger partial charge in [-0.15, -0.1) is 11.8 Å². The zero-order valence-corrected chi connectivity index (χ0v) is 14.2. The molecule has 0 unspecified atom stereocenters. The first kappa shape index (κ1) is 16.5. The monoisotopic (exact) mass is 312 g/mol. The molecule has 2 nitrogen and oxygen atoms in total. The summed E-state index contributed by atoms with van der Waals surface area (Å²) in [7, 11) is 0. The summed E-state index contributed by atoms with van der Waals surface area (Å²) < 4.78 is 0.147. The van der Waals surface area contributed by atoms with Gasteiger partial charge in [0, 0.05) is 26.3 Å². The summed E-state index contributed by atoms with van der Waals surface area (Å²) in [5.41, 5.74) is 1.88. The highest BCUT2D eigenvalue weighted by atomic mass is 32.2. The lowest BCUT2D eigenvalue weighted by Crippen LogP contribution is -2.07. The molecule has 2 aromatic rings. The molecule has 0 atom stereocenters. The van der Waals surface area contributed by atoms with Crippen LogP contribution in [0.25, 0.3) is 0 Å². The summed E-state index contributed by atoms with van der Waals surface area (Å²) in [5, 5.41) is 0. The van der Waals surface area contributed by atoms with Crippen LogP contribution in [0.4, 0.5) is 0 Å². The van der Waals surface area contributed by atoms with Gasteiger partial charge in [-0.3, -0.25) is 9.59 Å². The Hall–Kier alpha value is -1.87. The van der Waals surface area contributed by atoms with E-state index in [0.717, 1.165) is 4.90 Å². The van der Waals surface area contributed by atoms with Crippen LogP contribution in [0.15, 0.2) is 53.4 Å². The van der Waals surface area contributed by atoms with Crippen LogP contribution in [0.5, 0.6) is 0 Å². The van der Waals surface area contributed by atoms with Crippen LogP contribution in [-0.4, -0.2) is 16.3 Å². The third kappa shape index (κ3) is 4.31. The van der Waals surface area contributed by atoms with Crippen molar-refractivity contribution in [3.05, 3.63) is 65.2 Å². The fraction of sp³-hybridized carbons (Fsp3) is 0.263. The highest BCUT2D eigenvalue weighted by Gasteiger charge is 2.13. The Labute approximate surface area is 135 Å². The van der Waals surface area contributed by atoms with Crippen molar-refractivity contribution >= 4 is 23.3 Å². The fourth-order valence-electron chi connectivity index (χ4n) is 2.05. The van der Waals surface area contributed by atoms with Gasteiger partial charge in [-0.05, 0) is 31.2 Å². The van der Waals surface area contributed by atoms with E-state index in [4.69, 9.17) is 0 Å². The van der Waals surface area contributed by atoms with Gasteiger partial charge in [0.05, 0.1) is 0 Å². The van der Waals surface area contributed by atoms with Gasteiger partial charge in [0.2, 0.25) is 0 Å². The molecule has 0 bridgehead atoms.